The minimum absolute atomic E-state index is 0.0717. The molecule has 0 aliphatic heterocycles. The van der Waals surface area contributed by atoms with Gasteiger partial charge in [0, 0.05) is 5.41 Å². The van der Waals surface area contributed by atoms with E-state index in [1.165, 1.54) is 11.1 Å². The second kappa shape index (κ2) is 4.33. The van der Waals surface area contributed by atoms with Gasteiger partial charge in [-0.1, -0.05) is 13.0 Å². The highest BCUT2D eigenvalue weighted by atomic mass is 16.3. The van der Waals surface area contributed by atoms with E-state index in [1.807, 2.05) is 6.07 Å². The Labute approximate surface area is 125 Å². The number of fused-ring (bicyclic) bond motifs is 5. The van der Waals surface area contributed by atoms with Crippen molar-refractivity contribution >= 4 is 5.78 Å². The van der Waals surface area contributed by atoms with Crippen LogP contribution in [0.1, 0.15) is 49.7 Å². The van der Waals surface area contributed by atoms with Crippen LogP contribution in [0.15, 0.2) is 18.2 Å². The fourth-order valence-corrected chi connectivity index (χ4v) is 5.36. The third-order valence-corrected chi connectivity index (χ3v) is 6.44. The summed E-state index contributed by atoms with van der Waals surface area (Å²) in [5, 5.41) is 19.7. The maximum Gasteiger partial charge on any atom is 0.167 e. The topological polar surface area (TPSA) is 57.5 Å². The van der Waals surface area contributed by atoms with Crippen molar-refractivity contribution in [2.45, 2.75) is 51.0 Å². The van der Waals surface area contributed by atoms with Gasteiger partial charge in [0.1, 0.15) is 11.9 Å². The highest BCUT2D eigenvalue weighted by Crippen LogP contribution is 2.59. The Hall–Kier alpha value is -1.35. The molecule has 4 rings (SSSR count). The summed E-state index contributed by atoms with van der Waals surface area (Å²) < 4.78 is 0. The van der Waals surface area contributed by atoms with Gasteiger partial charge in [-0.15, -0.1) is 0 Å². The molecule has 0 spiro atoms. The van der Waals surface area contributed by atoms with Gasteiger partial charge in [-0.3, -0.25) is 4.79 Å². The van der Waals surface area contributed by atoms with Crippen molar-refractivity contribution in [3.8, 4) is 5.75 Å². The molecule has 0 saturated heterocycles. The summed E-state index contributed by atoms with van der Waals surface area (Å²) >= 11 is 0. The summed E-state index contributed by atoms with van der Waals surface area (Å²) in [5.41, 5.74) is 2.32. The lowest BCUT2D eigenvalue weighted by molar-refractivity contribution is -0.134. The van der Waals surface area contributed by atoms with E-state index in [-0.39, 0.29) is 11.2 Å². The number of phenols is 1. The van der Waals surface area contributed by atoms with E-state index in [0.29, 0.717) is 29.9 Å². The number of Topliss-reactive ketones (excluding diaryl/α,β-unsaturated/α-hetero) is 1. The molecule has 1 aromatic carbocycles. The van der Waals surface area contributed by atoms with E-state index in [2.05, 4.69) is 13.0 Å². The first-order valence-electron chi connectivity index (χ1n) is 8.05. The largest absolute Gasteiger partial charge is 0.508 e. The molecule has 5 atom stereocenters. The number of phenolic OH excluding ortho intramolecular Hbond substituents is 1. The van der Waals surface area contributed by atoms with E-state index in [0.717, 1.165) is 25.7 Å². The maximum atomic E-state index is 12.3. The summed E-state index contributed by atoms with van der Waals surface area (Å²) in [4.78, 5) is 12.3. The fraction of sp³-hybridized carbons (Fsp3) is 0.611. The Bertz CT molecular complexity index is 608. The first-order valence-corrected chi connectivity index (χ1v) is 8.05. The second-order valence-corrected chi connectivity index (χ2v) is 7.37. The zero-order valence-electron chi connectivity index (χ0n) is 12.4. The molecule has 3 aliphatic rings. The molecule has 4 unspecified atom stereocenters. The smallest absolute Gasteiger partial charge is 0.167 e. The first kappa shape index (κ1) is 13.3. The first-order chi connectivity index (χ1) is 10.0. The van der Waals surface area contributed by atoms with Crippen molar-refractivity contribution in [1.29, 1.82) is 0 Å². The molecule has 1 aromatic rings. The predicted molar refractivity (Wildman–Crippen MR) is 79.1 cm³/mol. The normalized spacial score (nSPS) is 41.3. The Balaban J connectivity index is 1.73. The molecular weight excluding hydrogens is 264 g/mol. The number of carbonyl (C=O) groups is 1. The van der Waals surface area contributed by atoms with Crippen molar-refractivity contribution in [2.24, 2.45) is 17.3 Å². The van der Waals surface area contributed by atoms with Crippen LogP contribution in [0, 0.1) is 17.3 Å². The number of aliphatic hydroxyl groups is 1. The standard InChI is InChI=1S/C18H22O3/c1-18-7-6-13-12-5-3-11(19)8-10(12)2-4-14(13)15(18)9-16(20)17(18)21/h3,5,8,13-16,19-20H,2,4,6-7,9H2,1H3/t13?,14?,15?,16-,18?/m1/s1. The van der Waals surface area contributed by atoms with E-state index in [4.69, 9.17) is 0 Å². The van der Waals surface area contributed by atoms with Gasteiger partial charge >= 0.3 is 0 Å². The average Bonchev–Trinajstić information content (AvgIpc) is 2.70. The lowest BCUT2D eigenvalue weighted by atomic mass is 9.55. The van der Waals surface area contributed by atoms with Crippen LogP contribution >= 0.6 is 0 Å². The van der Waals surface area contributed by atoms with Crippen LogP contribution in [0.5, 0.6) is 5.75 Å². The molecule has 0 aromatic heterocycles. The summed E-state index contributed by atoms with van der Waals surface area (Å²) in [7, 11) is 0. The SMILES string of the molecule is CC12CCC3c4ccc(O)cc4CCC3C1C[C@@H](O)C2=O. The van der Waals surface area contributed by atoms with Gasteiger partial charge in [0.2, 0.25) is 0 Å². The predicted octanol–water partition coefficient (Wildman–Crippen LogP) is 2.79. The van der Waals surface area contributed by atoms with Gasteiger partial charge in [0.25, 0.3) is 0 Å². The molecule has 2 saturated carbocycles. The fourth-order valence-electron chi connectivity index (χ4n) is 5.36. The van der Waals surface area contributed by atoms with Crippen LogP contribution in [-0.4, -0.2) is 22.1 Å². The molecule has 112 valence electrons. The van der Waals surface area contributed by atoms with Crippen LogP contribution in [-0.2, 0) is 11.2 Å². The molecular formula is C18H22O3. The van der Waals surface area contributed by atoms with E-state index < -0.39 is 6.10 Å². The number of benzene rings is 1. The molecule has 0 amide bonds. The number of ketones is 1. The number of rotatable bonds is 0. The van der Waals surface area contributed by atoms with Crippen molar-refractivity contribution < 1.29 is 15.0 Å². The Morgan fingerprint density at radius 2 is 2.10 bits per heavy atom. The lowest BCUT2D eigenvalue weighted by Gasteiger charge is -2.48. The lowest BCUT2D eigenvalue weighted by Crippen LogP contribution is -2.42. The van der Waals surface area contributed by atoms with E-state index >= 15 is 0 Å². The number of hydrogen-bond acceptors (Lipinski definition) is 3. The average molecular weight is 286 g/mol. The molecule has 0 heterocycles. The van der Waals surface area contributed by atoms with E-state index in [1.54, 1.807) is 6.07 Å². The molecule has 0 radical (unpaired) electrons. The van der Waals surface area contributed by atoms with Crippen LogP contribution in [0.25, 0.3) is 0 Å². The minimum Gasteiger partial charge on any atom is -0.508 e. The zero-order valence-corrected chi connectivity index (χ0v) is 12.4. The van der Waals surface area contributed by atoms with Gasteiger partial charge < -0.3 is 10.2 Å². The molecule has 2 N–H and O–H groups in total. The summed E-state index contributed by atoms with van der Waals surface area (Å²) in [6.45, 7) is 2.07. The van der Waals surface area contributed by atoms with Gasteiger partial charge in [-0.05, 0) is 73.1 Å². The summed E-state index contributed by atoms with van der Waals surface area (Å²) in [6.07, 6.45) is 3.84. The zero-order chi connectivity index (χ0) is 14.8. The molecule has 0 bridgehead atoms. The van der Waals surface area contributed by atoms with Gasteiger partial charge in [0.15, 0.2) is 5.78 Å². The molecule has 3 aliphatic carbocycles. The van der Waals surface area contributed by atoms with Crippen LogP contribution in [0.3, 0.4) is 0 Å². The van der Waals surface area contributed by atoms with Crippen molar-refractivity contribution in [2.75, 3.05) is 0 Å². The van der Waals surface area contributed by atoms with Crippen molar-refractivity contribution in [3.63, 3.8) is 0 Å². The maximum absolute atomic E-state index is 12.3. The van der Waals surface area contributed by atoms with Crippen LogP contribution in [0.2, 0.25) is 0 Å². The van der Waals surface area contributed by atoms with Gasteiger partial charge in [0.05, 0.1) is 0 Å². The summed E-state index contributed by atoms with van der Waals surface area (Å²) in [6, 6.07) is 5.75. The van der Waals surface area contributed by atoms with Crippen molar-refractivity contribution in [3.05, 3.63) is 29.3 Å². The Morgan fingerprint density at radius 3 is 2.90 bits per heavy atom. The minimum atomic E-state index is -0.750. The molecule has 3 heteroatoms. The number of aryl methyl sites for hydroxylation is 1. The van der Waals surface area contributed by atoms with Crippen molar-refractivity contribution in [1.82, 2.24) is 0 Å². The number of aliphatic hydroxyl groups excluding tert-OH is 1. The third-order valence-electron chi connectivity index (χ3n) is 6.44. The molecule has 3 nitrogen and oxygen atoms in total. The molecule has 2 fully saturated rings. The number of carbonyl (C=O) groups excluding carboxylic acids is 1. The highest BCUT2D eigenvalue weighted by molar-refractivity contribution is 5.91. The Morgan fingerprint density at radius 1 is 1.29 bits per heavy atom. The van der Waals surface area contributed by atoms with Gasteiger partial charge in [-0.25, -0.2) is 0 Å². The number of aromatic hydroxyl groups is 1. The molecule has 21 heavy (non-hydrogen) atoms. The summed E-state index contributed by atoms with van der Waals surface area (Å²) in [5.74, 6) is 1.73. The second-order valence-electron chi connectivity index (χ2n) is 7.37. The quantitative estimate of drug-likeness (QED) is 0.771. The highest BCUT2D eigenvalue weighted by Gasteiger charge is 2.57. The van der Waals surface area contributed by atoms with Gasteiger partial charge in [-0.2, -0.15) is 0 Å². The van der Waals surface area contributed by atoms with Crippen LogP contribution < -0.4 is 0 Å². The third kappa shape index (κ3) is 1.73. The van der Waals surface area contributed by atoms with E-state index in [9.17, 15) is 15.0 Å². The van der Waals surface area contributed by atoms with Crippen LogP contribution in [0.4, 0.5) is 0 Å². The number of hydrogen-bond donors (Lipinski definition) is 2. The monoisotopic (exact) mass is 286 g/mol. The Kier molecular flexibility index (Phi) is 2.74.